The van der Waals surface area contributed by atoms with Crippen molar-refractivity contribution in [1.82, 2.24) is 0 Å². The molecule has 0 fully saturated rings. The predicted octanol–water partition coefficient (Wildman–Crippen LogP) is 3.50. The van der Waals surface area contributed by atoms with E-state index in [0.717, 1.165) is 11.4 Å². The number of aliphatic hydroxyl groups is 1. The van der Waals surface area contributed by atoms with Gasteiger partial charge in [0.25, 0.3) is 0 Å². The van der Waals surface area contributed by atoms with Crippen molar-refractivity contribution in [3.05, 3.63) is 59.7 Å². The van der Waals surface area contributed by atoms with Gasteiger partial charge < -0.3 is 15.2 Å². The molecule has 106 valence electrons. The van der Waals surface area contributed by atoms with Crippen molar-refractivity contribution in [3.8, 4) is 5.75 Å². The number of hydrogen-bond donors (Lipinski definition) is 2. The Morgan fingerprint density at radius 1 is 1.00 bits per heavy atom. The van der Waals surface area contributed by atoms with Crippen LogP contribution in [0.3, 0.4) is 0 Å². The highest BCUT2D eigenvalue weighted by Gasteiger charge is 2.16. The molecule has 0 aliphatic rings. The monoisotopic (exact) mass is 271 g/mol. The molecule has 2 aromatic carbocycles. The van der Waals surface area contributed by atoms with Crippen molar-refractivity contribution in [2.24, 2.45) is 0 Å². The lowest BCUT2D eigenvalue weighted by molar-refractivity contribution is 0.0660. The molecule has 0 bridgehead atoms. The van der Waals surface area contributed by atoms with Crippen LogP contribution in [-0.4, -0.2) is 17.4 Å². The van der Waals surface area contributed by atoms with Crippen molar-refractivity contribution in [2.75, 3.05) is 5.32 Å². The number of benzene rings is 2. The van der Waals surface area contributed by atoms with Crippen LogP contribution in [0.5, 0.6) is 5.75 Å². The smallest absolute Gasteiger partial charge is 0.195 e. The molecular weight excluding hydrogens is 250 g/mol. The molecule has 3 heteroatoms. The number of anilines is 1. The highest BCUT2D eigenvalue weighted by atomic mass is 16.5. The molecule has 2 aromatic rings. The van der Waals surface area contributed by atoms with Gasteiger partial charge in [-0.1, -0.05) is 24.3 Å². The van der Waals surface area contributed by atoms with Crippen LogP contribution in [0.25, 0.3) is 0 Å². The fraction of sp³-hybridized carbons (Fsp3) is 0.294. The van der Waals surface area contributed by atoms with Crippen LogP contribution in [0.15, 0.2) is 48.5 Å². The number of nitrogens with one attached hydrogen (secondary N) is 1. The van der Waals surface area contributed by atoms with Crippen molar-refractivity contribution in [2.45, 2.75) is 33.1 Å². The van der Waals surface area contributed by atoms with E-state index in [1.165, 1.54) is 11.1 Å². The Morgan fingerprint density at radius 2 is 1.60 bits per heavy atom. The Bertz CT molecular complexity index is 532. The zero-order valence-electron chi connectivity index (χ0n) is 12.1. The Labute approximate surface area is 120 Å². The molecule has 0 heterocycles. The second-order valence-electron chi connectivity index (χ2n) is 5.11. The third-order valence-corrected chi connectivity index (χ3v) is 2.98. The van der Waals surface area contributed by atoms with Crippen molar-refractivity contribution in [1.29, 1.82) is 0 Å². The van der Waals surface area contributed by atoms with Crippen molar-refractivity contribution >= 4 is 5.69 Å². The number of para-hydroxylation sites is 1. The Hall–Kier alpha value is -2.00. The van der Waals surface area contributed by atoms with Crippen LogP contribution in [0.4, 0.5) is 5.69 Å². The first-order valence-electron chi connectivity index (χ1n) is 6.79. The standard InChI is InChI=1S/C17H21NO2/c1-12-9-13(2)11-15(10-12)18-17(14(3)19)20-16-7-5-4-6-8-16/h4-11,14,17-19H,1-3H3. The van der Waals surface area contributed by atoms with Crippen LogP contribution < -0.4 is 10.1 Å². The summed E-state index contributed by atoms with van der Waals surface area (Å²) in [6.07, 6.45) is -1.12. The van der Waals surface area contributed by atoms with E-state index in [0.29, 0.717) is 0 Å². The molecule has 0 aliphatic heterocycles. The number of aryl methyl sites for hydroxylation is 2. The summed E-state index contributed by atoms with van der Waals surface area (Å²) in [5.41, 5.74) is 3.30. The van der Waals surface area contributed by atoms with Gasteiger partial charge in [0.15, 0.2) is 6.23 Å². The molecule has 3 nitrogen and oxygen atoms in total. The van der Waals surface area contributed by atoms with E-state index in [-0.39, 0.29) is 0 Å². The topological polar surface area (TPSA) is 41.5 Å². The molecule has 2 unspecified atom stereocenters. The van der Waals surface area contributed by atoms with Gasteiger partial charge in [-0.3, -0.25) is 0 Å². The second kappa shape index (κ2) is 6.44. The fourth-order valence-electron chi connectivity index (χ4n) is 2.12. The van der Waals surface area contributed by atoms with Gasteiger partial charge in [0.05, 0.1) is 0 Å². The highest BCUT2D eigenvalue weighted by Crippen LogP contribution is 2.18. The predicted molar refractivity (Wildman–Crippen MR) is 82.1 cm³/mol. The summed E-state index contributed by atoms with van der Waals surface area (Å²) in [6, 6.07) is 15.7. The van der Waals surface area contributed by atoms with Gasteiger partial charge in [-0.25, -0.2) is 0 Å². The number of rotatable bonds is 5. The molecule has 2 N–H and O–H groups in total. The summed E-state index contributed by atoms with van der Waals surface area (Å²) >= 11 is 0. The molecule has 0 saturated heterocycles. The molecular formula is C17H21NO2. The summed E-state index contributed by atoms with van der Waals surface area (Å²) in [4.78, 5) is 0. The first-order chi connectivity index (χ1) is 9.54. The third-order valence-electron chi connectivity index (χ3n) is 2.98. The van der Waals surface area contributed by atoms with Gasteiger partial charge in [0.2, 0.25) is 0 Å². The molecule has 0 aromatic heterocycles. The van der Waals surface area contributed by atoms with Crippen LogP contribution in [0.2, 0.25) is 0 Å². The van der Waals surface area contributed by atoms with Gasteiger partial charge in [-0.05, 0) is 56.2 Å². The minimum Gasteiger partial charge on any atom is -0.468 e. The lowest BCUT2D eigenvalue weighted by Crippen LogP contribution is -2.36. The number of aliphatic hydroxyl groups excluding tert-OH is 1. The first-order valence-corrected chi connectivity index (χ1v) is 6.79. The van der Waals surface area contributed by atoms with Gasteiger partial charge in [-0.2, -0.15) is 0 Å². The van der Waals surface area contributed by atoms with Gasteiger partial charge >= 0.3 is 0 Å². The van der Waals surface area contributed by atoms with Crippen LogP contribution >= 0.6 is 0 Å². The minimum atomic E-state index is -0.629. The summed E-state index contributed by atoms with van der Waals surface area (Å²) in [5, 5.41) is 13.1. The van der Waals surface area contributed by atoms with E-state index in [1.54, 1.807) is 6.92 Å². The Morgan fingerprint density at radius 3 is 2.15 bits per heavy atom. The average Bonchev–Trinajstić information content (AvgIpc) is 2.38. The quantitative estimate of drug-likeness (QED) is 0.818. The van der Waals surface area contributed by atoms with Crippen LogP contribution in [0.1, 0.15) is 18.1 Å². The first kappa shape index (κ1) is 14.4. The van der Waals surface area contributed by atoms with E-state index in [4.69, 9.17) is 4.74 Å². The number of ether oxygens (including phenoxy) is 1. The molecule has 0 radical (unpaired) electrons. The van der Waals surface area contributed by atoms with Crippen LogP contribution in [-0.2, 0) is 0 Å². The largest absolute Gasteiger partial charge is 0.468 e. The van der Waals surface area contributed by atoms with Gasteiger partial charge in [-0.15, -0.1) is 0 Å². The Balaban J connectivity index is 2.13. The molecule has 0 amide bonds. The second-order valence-corrected chi connectivity index (χ2v) is 5.11. The molecule has 0 spiro atoms. The average molecular weight is 271 g/mol. The van der Waals surface area contributed by atoms with E-state index in [1.807, 2.05) is 56.3 Å². The summed E-state index contributed by atoms with van der Waals surface area (Å²) in [7, 11) is 0. The zero-order valence-corrected chi connectivity index (χ0v) is 12.1. The molecule has 2 rings (SSSR count). The highest BCUT2D eigenvalue weighted by molar-refractivity contribution is 5.49. The molecule has 20 heavy (non-hydrogen) atoms. The van der Waals surface area contributed by atoms with E-state index in [9.17, 15) is 5.11 Å². The molecule has 0 saturated carbocycles. The minimum absolute atomic E-state index is 0.487. The summed E-state index contributed by atoms with van der Waals surface area (Å²) in [5.74, 6) is 0.732. The molecule has 2 atom stereocenters. The SMILES string of the molecule is Cc1cc(C)cc(NC(Oc2ccccc2)C(C)O)c1. The van der Waals surface area contributed by atoms with Gasteiger partial charge in [0.1, 0.15) is 11.9 Å². The Kier molecular flexibility index (Phi) is 4.64. The van der Waals surface area contributed by atoms with E-state index in [2.05, 4.69) is 11.4 Å². The normalized spacial score (nSPS) is 13.6. The van der Waals surface area contributed by atoms with Crippen molar-refractivity contribution in [3.63, 3.8) is 0 Å². The number of hydrogen-bond acceptors (Lipinski definition) is 3. The van der Waals surface area contributed by atoms with Gasteiger partial charge in [0, 0.05) is 5.69 Å². The fourth-order valence-corrected chi connectivity index (χ4v) is 2.12. The lowest BCUT2D eigenvalue weighted by atomic mass is 10.1. The third kappa shape index (κ3) is 4.00. The maximum Gasteiger partial charge on any atom is 0.195 e. The molecule has 0 aliphatic carbocycles. The zero-order chi connectivity index (χ0) is 14.5. The summed E-state index contributed by atoms with van der Waals surface area (Å²) in [6.45, 7) is 5.81. The van der Waals surface area contributed by atoms with E-state index >= 15 is 0 Å². The van der Waals surface area contributed by atoms with Crippen molar-refractivity contribution < 1.29 is 9.84 Å². The maximum atomic E-state index is 9.89. The summed E-state index contributed by atoms with van der Waals surface area (Å²) < 4.78 is 5.80. The van der Waals surface area contributed by atoms with Crippen LogP contribution in [0, 0.1) is 13.8 Å². The lowest BCUT2D eigenvalue weighted by Gasteiger charge is -2.24. The van der Waals surface area contributed by atoms with E-state index < -0.39 is 12.3 Å². The maximum absolute atomic E-state index is 9.89.